The fourth-order valence-corrected chi connectivity index (χ4v) is 1.90. The van der Waals surface area contributed by atoms with Crippen molar-refractivity contribution >= 4 is 11.6 Å². The van der Waals surface area contributed by atoms with Gasteiger partial charge in [-0.05, 0) is 5.56 Å². The summed E-state index contributed by atoms with van der Waals surface area (Å²) in [5, 5.41) is 16.2. The standard InChI is InChI=1S/C15H20N4O2/c1-16-13-8-14(19-15(18-13)10-21-2)17-9-12(20)11-6-4-3-5-7-11/h3-8,12,20H,9-10H2,1-2H3,(H2,16,17,18,19). The number of hydrogen-bond donors (Lipinski definition) is 3. The van der Waals surface area contributed by atoms with Crippen LogP contribution in [0, 0.1) is 0 Å². The average molecular weight is 288 g/mol. The zero-order chi connectivity index (χ0) is 15.1. The Bertz CT molecular complexity index is 563. The molecule has 0 amide bonds. The third-order valence-corrected chi connectivity index (χ3v) is 2.96. The molecule has 6 heteroatoms. The first kappa shape index (κ1) is 15.2. The van der Waals surface area contributed by atoms with E-state index in [0.717, 1.165) is 5.56 Å². The molecule has 1 aromatic carbocycles. The van der Waals surface area contributed by atoms with Crippen LogP contribution in [-0.4, -0.2) is 35.8 Å². The first-order valence-electron chi connectivity index (χ1n) is 6.74. The fraction of sp³-hybridized carbons (Fsp3) is 0.333. The lowest BCUT2D eigenvalue weighted by Crippen LogP contribution is -2.14. The van der Waals surface area contributed by atoms with E-state index in [2.05, 4.69) is 20.6 Å². The average Bonchev–Trinajstić information content (AvgIpc) is 2.53. The first-order chi connectivity index (χ1) is 10.2. The van der Waals surface area contributed by atoms with E-state index in [1.165, 1.54) is 0 Å². The molecule has 0 fully saturated rings. The molecule has 0 aliphatic rings. The quantitative estimate of drug-likeness (QED) is 0.721. The summed E-state index contributed by atoms with van der Waals surface area (Å²) in [6.45, 7) is 0.710. The fourth-order valence-electron chi connectivity index (χ4n) is 1.90. The van der Waals surface area contributed by atoms with Crippen molar-refractivity contribution in [2.45, 2.75) is 12.7 Å². The molecule has 0 spiro atoms. The van der Waals surface area contributed by atoms with Gasteiger partial charge < -0.3 is 20.5 Å². The Morgan fingerprint density at radius 3 is 2.57 bits per heavy atom. The number of anilines is 2. The van der Waals surface area contributed by atoms with Crippen molar-refractivity contribution in [3.8, 4) is 0 Å². The number of rotatable bonds is 7. The highest BCUT2D eigenvalue weighted by molar-refractivity contribution is 5.47. The summed E-state index contributed by atoms with van der Waals surface area (Å²) < 4.78 is 5.05. The number of aliphatic hydroxyl groups is 1. The maximum absolute atomic E-state index is 10.1. The Hall–Kier alpha value is -2.18. The van der Waals surface area contributed by atoms with Crippen LogP contribution >= 0.6 is 0 Å². The number of methoxy groups -OCH3 is 1. The largest absolute Gasteiger partial charge is 0.387 e. The summed E-state index contributed by atoms with van der Waals surface area (Å²) in [5.74, 6) is 1.94. The van der Waals surface area contributed by atoms with E-state index in [-0.39, 0.29) is 0 Å². The first-order valence-corrected chi connectivity index (χ1v) is 6.74. The van der Waals surface area contributed by atoms with E-state index in [1.807, 2.05) is 30.3 Å². The van der Waals surface area contributed by atoms with Crippen molar-refractivity contribution in [1.29, 1.82) is 0 Å². The SMILES string of the molecule is CNc1cc(NCC(O)c2ccccc2)nc(COC)n1. The maximum Gasteiger partial charge on any atom is 0.158 e. The summed E-state index contributed by atoms with van der Waals surface area (Å²) in [6, 6.07) is 11.3. The summed E-state index contributed by atoms with van der Waals surface area (Å²) in [6.07, 6.45) is -0.593. The highest BCUT2D eigenvalue weighted by Gasteiger charge is 2.08. The van der Waals surface area contributed by atoms with E-state index >= 15 is 0 Å². The van der Waals surface area contributed by atoms with Crippen molar-refractivity contribution in [1.82, 2.24) is 9.97 Å². The molecule has 6 nitrogen and oxygen atoms in total. The van der Waals surface area contributed by atoms with Crippen molar-refractivity contribution in [3.05, 3.63) is 47.8 Å². The molecule has 112 valence electrons. The van der Waals surface area contributed by atoms with Crippen molar-refractivity contribution in [3.63, 3.8) is 0 Å². The van der Waals surface area contributed by atoms with Gasteiger partial charge in [0.1, 0.15) is 18.2 Å². The maximum atomic E-state index is 10.1. The van der Waals surface area contributed by atoms with Crippen LogP contribution in [0.15, 0.2) is 36.4 Å². The van der Waals surface area contributed by atoms with E-state index in [0.29, 0.717) is 30.6 Å². The number of benzene rings is 1. The number of nitrogens with one attached hydrogen (secondary N) is 2. The van der Waals surface area contributed by atoms with E-state index < -0.39 is 6.10 Å². The molecule has 1 unspecified atom stereocenters. The van der Waals surface area contributed by atoms with E-state index in [4.69, 9.17) is 4.74 Å². The van der Waals surface area contributed by atoms with Gasteiger partial charge in [0.15, 0.2) is 5.82 Å². The Morgan fingerprint density at radius 1 is 1.19 bits per heavy atom. The summed E-state index contributed by atoms with van der Waals surface area (Å²) in [7, 11) is 3.39. The lowest BCUT2D eigenvalue weighted by atomic mass is 10.1. The third-order valence-electron chi connectivity index (χ3n) is 2.96. The van der Waals surface area contributed by atoms with Gasteiger partial charge in [0.2, 0.25) is 0 Å². The minimum Gasteiger partial charge on any atom is -0.387 e. The molecule has 0 bridgehead atoms. The number of aromatic nitrogens is 2. The molecule has 1 heterocycles. The molecule has 2 rings (SSSR count). The second-order valence-electron chi connectivity index (χ2n) is 4.55. The molecular formula is C15H20N4O2. The van der Waals surface area contributed by atoms with Crippen LogP contribution in [0.1, 0.15) is 17.5 Å². The van der Waals surface area contributed by atoms with Gasteiger partial charge in [-0.1, -0.05) is 30.3 Å². The zero-order valence-corrected chi connectivity index (χ0v) is 12.2. The van der Waals surface area contributed by atoms with Gasteiger partial charge in [0.25, 0.3) is 0 Å². The second kappa shape index (κ2) is 7.56. The van der Waals surface area contributed by atoms with Gasteiger partial charge in [0.05, 0.1) is 6.10 Å². The highest BCUT2D eigenvalue weighted by atomic mass is 16.5. The van der Waals surface area contributed by atoms with Crippen LogP contribution in [0.3, 0.4) is 0 Å². The molecule has 0 saturated carbocycles. The van der Waals surface area contributed by atoms with Crippen LogP contribution in [0.4, 0.5) is 11.6 Å². The predicted molar refractivity (Wildman–Crippen MR) is 82.2 cm³/mol. The van der Waals surface area contributed by atoms with Crippen LogP contribution in [0.5, 0.6) is 0 Å². The second-order valence-corrected chi connectivity index (χ2v) is 4.55. The Balaban J connectivity index is 2.03. The Morgan fingerprint density at radius 2 is 1.90 bits per heavy atom. The topological polar surface area (TPSA) is 79.3 Å². The zero-order valence-electron chi connectivity index (χ0n) is 12.2. The Kier molecular flexibility index (Phi) is 5.48. The molecule has 2 aromatic rings. The van der Waals surface area contributed by atoms with Gasteiger partial charge in [-0.15, -0.1) is 0 Å². The van der Waals surface area contributed by atoms with Gasteiger partial charge in [0, 0.05) is 26.8 Å². The van der Waals surface area contributed by atoms with E-state index in [9.17, 15) is 5.11 Å². The minimum absolute atomic E-state index is 0.339. The van der Waals surface area contributed by atoms with Crippen LogP contribution in [0.25, 0.3) is 0 Å². The smallest absolute Gasteiger partial charge is 0.158 e. The minimum atomic E-state index is -0.593. The molecule has 0 aliphatic heterocycles. The van der Waals surface area contributed by atoms with Crippen LogP contribution in [0.2, 0.25) is 0 Å². The molecule has 1 aromatic heterocycles. The highest BCUT2D eigenvalue weighted by Crippen LogP contribution is 2.15. The molecule has 0 radical (unpaired) electrons. The predicted octanol–water partition coefficient (Wildman–Crippen LogP) is 1.81. The number of nitrogens with zero attached hydrogens (tertiary/aromatic N) is 2. The van der Waals surface area contributed by atoms with Crippen LogP contribution < -0.4 is 10.6 Å². The lowest BCUT2D eigenvalue weighted by molar-refractivity contribution is 0.178. The summed E-state index contributed by atoms with van der Waals surface area (Å²) in [5.41, 5.74) is 0.866. The Labute approximate surface area is 124 Å². The van der Waals surface area contributed by atoms with Crippen LogP contribution in [-0.2, 0) is 11.3 Å². The number of ether oxygens (including phenoxy) is 1. The van der Waals surface area contributed by atoms with Crippen molar-refractivity contribution in [2.24, 2.45) is 0 Å². The molecule has 0 saturated heterocycles. The number of aliphatic hydroxyl groups excluding tert-OH is 1. The van der Waals surface area contributed by atoms with Gasteiger partial charge >= 0.3 is 0 Å². The van der Waals surface area contributed by atoms with Gasteiger partial charge in [-0.25, -0.2) is 9.97 Å². The third kappa shape index (κ3) is 4.40. The summed E-state index contributed by atoms with van der Waals surface area (Å²) in [4.78, 5) is 8.62. The normalized spacial score (nSPS) is 12.0. The molecule has 0 aliphatic carbocycles. The van der Waals surface area contributed by atoms with E-state index in [1.54, 1.807) is 20.2 Å². The van der Waals surface area contributed by atoms with Crippen molar-refractivity contribution in [2.75, 3.05) is 31.3 Å². The van der Waals surface area contributed by atoms with Crippen molar-refractivity contribution < 1.29 is 9.84 Å². The molecule has 3 N–H and O–H groups in total. The van der Waals surface area contributed by atoms with Gasteiger partial charge in [-0.2, -0.15) is 0 Å². The van der Waals surface area contributed by atoms with Gasteiger partial charge in [-0.3, -0.25) is 0 Å². The molecule has 21 heavy (non-hydrogen) atoms. The monoisotopic (exact) mass is 288 g/mol. The summed E-state index contributed by atoms with van der Waals surface area (Å²) >= 11 is 0. The number of hydrogen-bond acceptors (Lipinski definition) is 6. The lowest BCUT2D eigenvalue weighted by Gasteiger charge is -2.14. The molecular weight excluding hydrogens is 268 g/mol. The molecule has 1 atom stereocenters.